The van der Waals surface area contributed by atoms with Crippen LogP contribution >= 0.6 is 0 Å². The Labute approximate surface area is 151 Å². The molecule has 0 amide bonds. The molecule has 2 N–H and O–H groups in total. The first-order valence-corrected chi connectivity index (χ1v) is 8.07. The molecule has 0 aliphatic rings. The largest absolute Gasteiger partial charge is 0.548 e. The highest BCUT2D eigenvalue weighted by atomic mass is 16.5. The average molecular weight is 355 g/mol. The summed E-state index contributed by atoms with van der Waals surface area (Å²) in [5.41, 5.74) is 1.44. The van der Waals surface area contributed by atoms with Gasteiger partial charge in [-0.25, -0.2) is 0 Å². The number of ether oxygens (including phenoxy) is 2. The summed E-state index contributed by atoms with van der Waals surface area (Å²) in [6.07, 6.45) is 0. The number of anilines is 1. The highest BCUT2D eigenvalue weighted by molar-refractivity contribution is 5.78. The molecule has 136 valence electrons. The topological polar surface area (TPSA) is 115 Å². The number of carboxylic acids is 1. The van der Waals surface area contributed by atoms with Gasteiger partial charge in [-0.05, 0) is 48.9 Å². The Balaban J connectivity index is 2.29. The van der Waals surface area contributed by atoms with Gasteiger partial charge < -0.3 is 29.8 Å². The highest BCUT2D eigenvalue weighted by Gasteiger charge is 2.16. The van der Waals surface area contributed by atoms with Crippen LogP contribution in [0.25, 0.3) is 0 Å². The summed E-state index contributed by atoms with van der Waals surface area (Å²) in [6, 6.07) is 12.0. The monoisotopic (exact) mass is 355 g/mol. The molecule has 2 aromatic carbocycles. The predicted octanol–water partition coefficient (Wildman–Crippen LogP) is 1.23. The molecule has 2 rings (SSSR count). The number of nitriles is 1. The molecule has 1 unspecified atom stereocenters. The van der Waals surface area contributed by atoms with Crippen molar-refractivity contribution in [2.24, 2.45) is 0 Å². The molecular weight excluding hydrogens is 336 g/mol. The molecular formula is C19H19N2O5-. The van der Waals surface area contributed by atoms with Crippen molar-refractivity contribution in [3.8, 4) is 17.6 Å². The lowest BCUT2D eigenvalue weighted by atomic mass is 10.1. The molecule has 0 saturated carbocycles. The Morgan fingerprint density at radius 1 is 1.23 bits per heavy atom. The number of hydrogen-bond donors (Lipinski definition) is 2. The molecule has 2 aromatic rings. The van der Waals surface area contributed by atoms with Crippen molar-refractivity contribution < 1.29 is 24.5 Å². The van der Waals surface area contributed by atoms with Crippen molar-refractivity contribution >= 4 is 11.7 Å². The molecule has 26 heavy (non-hydrogen) atoms. The molecule has 1 atom stereocenters. The van der Waals surface area contributed by atoms with Gasteiger partial charge in [0.2, 0.25) is 0 Å². The number of carbonyl (C=O) groups is 1. The van der Waals surface area contributed by atoms with Crippen LogP contribution in [-0.4, -0.2) is 30.9 Å². The van der Waals surface area contributed by atoms with Crippen LogP contribution < -0.4 is 19.9 Å². The lowest BCUT2D eigenvalue weighted by molar-refractivity contribution is -0.307. The molecule has 7 nitrogen and oxygen atoms in total. The standard InChI is InChI=1S/C19H20N2O5/c1-2-25-17-11-14(5-8-16(17)26-10-9-22)18(19(23)24)21-15-6-3-13(12-20)4-7-15/h3-8,11,18,21-22H,2,9-10H2,1H3,(H,23,24)/p-1. The maximum atomic E-state index is 11.6. The Kier molecular flexibility index (Phi) is 6.83. The number of hydrogen-bond acceptors (Lipinski definition) is 7. The minimum Gasteiger partial charge on any atom is -0.548 e. The van der Waals surface area contributed by atoms with Crippen molar-refractivity contribution in [1.29, 1.82) is 5.26 Å². The van der Waals surface area contributed by atoms with Crippen LogP contribution in [0.15, 0.2) is 42.5 Å². The van der Waals surface area contributed by atoms with Crippen molar-refractivity contribution in [1.82, 2.24) is 0 Å². The first-order valence-electron chi connectivity index (χ1n) is 8.07. The van der Waals surface area contributed by atoms with Gasteiger partial charge in [0, 0.05) is 5.69 Å². The highest BCUT2D eigenvalue weighted by Crippen LogP contribution is 2.32. The number of nitrogens with one attached hydrogen (secondary N) is 1. The van der Waals surface area contributed by atoms with Gasteiger partial charge in [0.25, 0.3) is 0 Å². The van der Waals surface area contributed by atoms with E-state index in [9.17, 15) is 9.90 Å². The second-order valence-electron chi connectivity index (χ2n) is 5.30. The molecule has 0 fully saturated rings. The van der Waals surface area contributed by atoms with Gasteiger partial charge in [0.05, 0.1) is 36.9 Å². The zero-order valence-corrected chi connectivity index (χ0v) is 14.3. The fraction of sp³-hybridized carbons (Fsp3) is 0.263. The fourth-order valence-electron chi connectivity index (χ4n) is 2.33. The van der Waals surface area contributed by atoms with Gasteiger partial charge in [-0.1, -0.05) is 6.07 Å². The van der Waals surface area contributed by atoms with Crippen molar-refractivity contribution in [3.63, 3.8) is 0 Å². The van der Waals surface area contributed by atoms with Crippen molar-refractivity contribution in [2.75, 3.05) is 25.1 Å². The molecule has 0 radical (unpaired) electrons. The Morgan fingerprint density at radius 3 is 2.54 bits per heavy atom. The summed E-state index contributed by atoms with van der Waals surface area (Å²) in [5, 5.41) is 32.2. The number of nitrogens with zero attached hydrogens (tertiary/aromatic N) is 1. The van der Waals surface area contributed by atoms with Gasteiger partial charge in [0.15, 0.2) is 11.5 Å². The third kappa shape index (κ3) is 4.88. The number of aliphatic hydroxyl groups is 1. The third-order valence-electron chi connectivity index (χ3n) is 3.51. The van der Waals surface area contributed by atoms with E-state index in [4.69, 9.17) is 19.8 Å². The lowest BCUT2D eigenvalue weighted by Gasteiger charge is -2.23. The van der Waals surface area contributed by atoms with Crippen molar-refractivity contribution in [3.05, 3.63) is 53.6 Å². The van der Waals surface area contributed by atoms with Crippen LogP contribution in [0.3, 0.4) is 0 Å². The summed E-state index contributed by atoms with van der Waals surface area (Å²) in [4.78, 5) is 11.6. The molecule has 0 bridgehead atoms. The van der Waals surface area contributed by atoms with E-state index >= 15 is 0 Å². The van der Waals surface area contributed by atoms with Crippen LogP contribution in [0.1, 0.15) is 24.1 Å². The lowest BCUT2D eigenvalue weighted by Crippen LogP contribution is -2.34. The number of aliphatic hydroxyl groups excluding tert-OH is 1. The Morgan fingerprint density at radius 2 is 1.96 bits per heavy atom. The SMILES string of the molecule is CCOc1cc(C(Nc2ccc(C#N)cc2)C(=O)[O-])ccc1OCCO. The van der Waals surface area contributed by atoms with E-state index in [1.807, 2.05) is 6.07 Å². The van der Waals surface area contributed by atoms with E-state index < -0.39 is 12.0 Å². The molecule has 0 aliphatic carbocycles. The van der Waals surface area contributed by atoms with Crippen LogP contribution in [0, 0.1) is 11.3 Å². The van der Waals surface area contributed by atoms with Crippen LogP contribution in [0.2, 0.25) is 0 Å². The second kappa shape index (κ2) is 9.30. The molecule has 0 aliphatic heterocycles. The summed E-state index contributed by atoms with van der Waals surface area (Å²) in [7, 11) is 0. The van der Waals surface area contributed by atoms with Gasteiger partial charge in [-0.15, -0.1) is 0 Å². The van der Waals surface area contributed by atoms with Crippen LogP contribution in [-0.2, 0) is 4.79 Å². The number of benzene rings is 2. The van der Waals surface area contributed by atoms with E-state index in [2.05, 4.69) is 5.32 Å². The predicted molar refractivity (Wildman–Crippen MR) is 92.7 cm³/mol. The summed E-state index contributed by atoms with van der Waals surface area (Å²) >= 11 is 0. The van der Waals surface area contributed by atoms with Gasteiger partial charge in [-0.3, -0.25) is 0 Å². The van der Waals surface area contributed by atoms with Crippen LogP contribution in [0.5, 0.6) is 11.5 Å². The molecule has 0 spiro atoms. The maximum absolute atomic E-state index is 11.6. The van der Waals surface area contributed by atoms with Crippen molar-refractivity contribution in [2.45, 2.75) is 13.0 Å². The van der Waals surface area contributed by atoms with E-state index in [0.29, 0.717) is 34.9 Å². The summed E-state index contributed by atoms with van der Waals surface area (Å²) in [5.74, 6) is -0.507. The summed E-state index contributed by atoms with van der Waals surface area (Å²) in [6.45, 7) is 2.13. The average Bonchev–Trinajstić information content (AvgIpc) is 2.65. The van der Waals surface area contributed by atoms with E-state index in [0.717, 1.165) is 0 Å². The minimum absolute atomic E-state index is 0.104. The number of rotatable bonds is 9. The third-order valence-corrected chi connectivity index (χ3v) is 3.51. The first-order chi connectivity index (χ1) is 12.6. The minimum atomic E-state index is -1.30. The van der Waals surface area contributed by atoms with E-state index in [1.54, 1.807) is 49.4 Å². The first kappa shape index (κ1) is 19.1. The normalized spacial score (nSPS) is 11.3. The Bertz CT molecular complexity index is 784. The maximum Gasteiger partial charge on any atom is 0.161 e. The van der Waals surface area contributed by atoms with Gasteiger partial charge in [-0.2, -0.15) is 5.26 Å². The van der Waals surface area contributed by atoms with Crippen LogP contribution in [0.4, 0.5) is 5.69 Å². The molecule has 0 heterocycles. The second-order valence-corrected chi connectivity index (χ2v) is 5.30. The van der Waals surface area contributed by atoms with Gasteiger partial charge in [0.1, 0.15) is 6.61 Å². The summed E-state index contributed by atoms with van der Waals surface area (Å²) < 4.78 is 10.9. The quantitative estimate of drug-likeness (QED) is 0.695. The van der Waals surface area contributed by atoms with E-state index in [1.165, 1.54) is 0 Å². The molecule has 0 aromatic heterocycles. The smallest absolute Gasteiger partial charge is 0.161 e. The number of carbonyl (C=O) groups excluding carboxylic acids is 1. The Hall–Kier alpha value is -3.24. The number of carboxylic acid groups (broad SMARTS) is 1. The number of aliphatic carboxylic acids is 1. The molecule has 0 saturated heterocycles. The van der Waals surface area contributed by atoms with E-state index in [-0.39, 0.29) is 13.2 Å². The van der Waals surface area contributed by atoms with Gasteiger partial charge >= 0.3 is 0 Å². The zero-order chi connectivity index (χ0) is 18.9. The molecule has 7 heteroatoms. The fourth-order valence-corrected chi connectivity index (χ4v) is 2.33. The zero-order valence-electron chi connectivity index (χ0n) is 14.3.